The molecule has 0 radical (unpaired) electrons. The van der Waals surface area contributed by atoms with Crippen molar-refractivity contribution in [2.24, 2.45) is 11.7 Å². The fourth-order valence-corrected chi connectivity index (χ4v) is 1.24. The van der Waals surface area contributed by atoms with Crippen LogP contribution in [-0.4, -0.2) is 37.7 Å². The van der Waals surface area contributed by atoms with E-state index < -0.39 is 0 Å². The summed E-state index contributed by atoms with van der Waals surface area (Å²) in [7, 11) is 3.35. The van der Waals surface area contributed by atoms with E-state index in [1.54, 1.807) is 14.1 Å². The van der Waals surface area contributed by atoms with Gasteiger partial charge in [-0.2, -0.15) is 0 Å². The van der Waals surface area contributed by atoms with E-state index >= 15 is 0 Å². The van der Waals surface area contributed by atoms with Crippen LogP contribution in [0.4, 0.5) is 4.79 Å². The Balaban J connectivity index is 2.06. The number of nitrogens with two attached hydrogens (primary N) is 1. The molecule has 1 aliphatic rings. The third-order valence-corrected chi connectivity index (χ3v) is 2.08. The van der Waals surface area contributed by atoms with Crippen LogP contribution < -0.4 is 5.73 Å². The summed E-state index contributed by atoms with van der Waals surface area (Å²) in [5.41, 5.74) is 5.58. The predicted octanol–water partition coefficient (Wildman–Crippen LogP) is 0.422. The number of nitrogens with zero attached hydrogens (tertiary/aromatic N) is 1. The second-order valence-corrected chi connectivity index (χ2v) is 3.57. The Hall–Kier alpha value is -0.770. The van der Waals surface area contributed by atoms with Crippen LogP contribution >= 0.6 is 0 Å². The number of rotatable bonds is 2. The summed E-state index contributed by atoms with van der Waals surface area (Å²) in [5.74, 6) is 0.490. The quantitative estimate of drug-likeness (QED) is 0.656. The topological polar surface area (TPSA) is 55.6 Å². The van der Waals surface area contributed by atoms with Crippen molar-refractivity contribution in [1.82, 2.24) is 4.90 Å². The molecule has 1 saturated carbocycles. The lowest BCUT2D eigenvalue weighted by molar-refractivity contribution is 0.0769. The van der Waals surface area contributed by atoms with E-state index in [1.807, 2.05) is 0 Å². The van der Waals surface area contributed by atoms with Gasteiger partial charge in [-0.15, -0.1) is 0 Å². The van der Waals surface area contributed by atoms with Crippen LogP contribution in [0.5, 0.6) is 0 Å². The zero-order chi connectivity index (χ0) is 9.14. The molecule has 0 aliphatic heterocycles. The van der Waals surface area contributed by atoms with Crippen molar-refractivity contribution in [2.75, 3.05) is 20.7 Å². The molecule has 0 unspecified atom stereocenters. The molecule has 0 bridgehead atoms. The summed E-state index contributed by atoms with van der Waals surface area (Å²) in [6.45, 7) is 0.519. The molecule has 1 fully saturated rings. The van der Waals surface area contributed by atoms with Gasteiger partial charge >= 0.3 is 6.09 Å². The van der Waals surface area contributed by atoms with Crippen LogP contribution in [0.1, 0.15) is 12.8 Å². The highest BCUT2D eigenvalue weighted by Crippen LogP contribution is 2.25. The highest BCUT2D eigenvalue weighted by atomic mass is 16.6. The van der Waals surface area contributed by atoms with Gasteiger partial charge in [-0.1, -0.05) is 0 Å². The van der Waals surface area contributed by atoms with Crippen molar-refractivity contribution in [3.05, 3.63) is 0 Å². The van der Waals surface area contributed by atoms with E-state index in [0.717, 1.165) is 12.8 Å². The van der Waals surface area contributed by atoms with Gasteiger partial charge in [0.15, 0.2) is 0 Å². The van der Waals surface area contributed by atoms with Gasteiger partial charge < -0.3 is 15.4 Å². The van der Waals surface area contributed by atoms with Gasteiger partial charge in [0.1, 0.15) is 0 Å². The number of amides is 1. The molecule has 0 spiro atoms. The van der Waals surface area contributed by atoms with E-state index in [-0.39, 0.29) is 6.09 Å². The monoisotopic (exact) mass is 172 g/mol. The summed E-state index contributed by atoms with van der Waals surface area (Å²) in [5, 5.41) is 0. The summed E-state index contributed by atoms with van der Waals surface area (Å²) in [4.78, 5) is 12.4. The smallest absolute Gasteiger partial charge is 0.409 e. The van der Waals surface area contributed by atoms with E-state index in [9.17, 15) is 4.79 Å². The van der Waals surface area contributed by atoms with Crippen molar-refractivity contribution < 1.29 is 9.53 Å². The lowest BCUT2D eigenvalue weighted by Gasteiger charge is -2.31. The number of carbonyl (C=O) groups excluding carboxylic acids is 1. The molecule has 12 heavy (non-hydrogen) atoms. The lowest BCUT2D eigenvalue weighted by Crippen LogP contribution is -2.39. The molecule has 4 nitrogen and oxygen atoms in total. The van der Waals surface area contributed by atoms with Gasteiger partial charge in [0, 0.05) is 20.1 Å². The maximum Gasteiger partial charge on any atom is 0.409 e. The largest absolute Gasteiger partial charge is 0.449 e. The molecule has 0 atom stereocenters. The van der Waals surface area contributed by atoms with Crippen molar-refractivity contribution in [2.45, 2.75) is 18.9 Å². The van der Waals surface area contributed by atoms with Crippen LogP contribution in [0.2, 0.25) is 0 Å². The van der Waals surface area contributed by atoms with Crippen LogP contribution in [0, 0.1) is 5.92 Å². The Kier molecular flexibility index (Phi) is 2.92. The number of carbonyl (C=O) groups is 1. The van der Waals surface area contributed by atoms with Gasteiger partial charge in [-0.05, 0) is 18.8 Å². The lowest BCUT2D eigenvalue weighted by atomic mass is 9.82. The number of hydrogen-bond acceptors (Lipinski definition) is 3. The Morgan fingerprint density at radius 1 is 1.58 bits per heavy atom. The SMILES string of the molecule is CN(C)C(=O)OC[C@H]1C[C@@H](N)C1. The molecule has 70 valence electrons. The van der Waals surface area contributed by atoms with Crippen LogP contribution in [0.25, 0.3) is 0 Å². The van der Waals surface area contributed by atoms with E-state index in [4.69, 9.17) is 10.5 Å². The molecular formula is C8H16N2O2. The Labute approximate surface area is 72.7 Å². The van der Waals surface area contributed by atoms with Gasteiger partial charge in [0.2, 0.25) is 0 Å². The van der Waals surface area contributed by atoms with E-state index in [1.165, 1.54) is 4.90 Å². The van der Waals surface area contributed by atoms with Gasteiger partial charge in [-0.25, -0.2) is 4.79 Å². The van der Waals surface area contributed by atoms with Crippen molar-refractivity contribution >= 4 is 6.09 Å². The summed E-state index contributed by atoms with van der Waals surface area (Å²) >= 11 is 0. The summed E-state index contributed by atoms with van der Waals surface area (Å²) in [6, 6.07) is 0.327. The second-order valence-electron chi connectivity index (χ2n) is 3.57. The Morgan fingerprint density at radius 3 is 2.58 bits per heavy atom. The van der Waals surface area contributed by atoms with Gasteiger partial charge in [0.25, 0.3) is 0 Å². The first-order valence-corrected chi connectivity index (χ1v) is 4.19. The molecule has 4 heteroatoms. The minimum atomic E-state index is -0.268. The highest BCUT2D eigenvalue weighted by Gasteiger charge is 2.26. The Morgan fingerprint density at radius 2 is 2.17 bits per heavy atom. The van der Waals surface area contributed by atoms with Crippen LogP contribution in [0.15, 0.2) is 0 Å². The first-order chi connectivity index (χ1) is 5.59. The maximum absolute atomic E-state index is 10.9. The van der Waals surface area contributed by atoms with Crippen LogP contribution in [-0.2, 0) is 4.74 Å². The minimum absolute atomic E-state index is 0.268. The highest BCUT2D eigenvalue weighted by molar-refractivity contribution is 5.66. The average molecular weight is 172 g/mol. The zero-order valence-corrected chi connectivity index (χ0v) is 7.62. The molecule has 1 amide bonds. The molecule has 1 aliphatic carbocycles. The van der Waals surface area contributed by atoms with Gasteiger partial charge in [-0.3, -0.25) is 0 Å². The molecule has 2 N–H and O–H groups in total. The number of hydrogen-bond donors (Lipinski definition) is 1. The standard InChI is InChI=1S/C8H16N2O2/c1-10(2)8(11)12-5-6-3-7(9)4-6/h6-7H,3-5,9H2,1-2H3/t6-,7+. The minimum Gasteiger partial charge on any atom is -0.449 e. The summed E-state index contributed by atoms with van der Waals surface area (Å²) in [6.07, 6.45) is 1.71. The predicted molar refractivity (Wildman–Crippen MR) is 45.7 cm³/mol. The molecule has 1 rings (SSSR count). The summed E-state index contributed by atoms with van der Waals surface area (Å²) < 4.78 is 4.99. The van der Waals surface area contributed by atoms with Crippen molar-refractivity contribution in [3.63, 3.8) is 0 Å². The second kappa shape index (κ2) is 3.76. The fraction of sp³-hybridized carbons (Fsp3) is 0.875. The number of ether oxygens (including phenoxy) is 1. The first kappa shape index (κ1) is 9.32. The third kappa shape index (κ3) is 2.37. The van der Waals surface area contributed by atoms with Gasteiger partial charge in [0.05, 0.1) is 6.61 Å². The first-order valence-electron chi connectivity index (χ1n) is 4.19. The molecule has 0 aromatic carbocycles. The van der Waals surface area contributed by atoms with Crippen LogP contribution in [0.3, 0.4) is 0 Å². The average Bonchev–Trinajstić information content (AvgIpc) is 1.95. The van der Waals surface area contributed by atoms with E-state index in [0.29, 0.717) is 18.6 Å². The van der Waals surface area contributed by atoms with E-state index in [2.05, 4.69) is 0 Å². The molecular weight excluding hydrogens is 156 g/mol. The van der Waals surface area contributed by atoms with Crippen molar-refractivity contribution in [3.8, 4) is 0 Å². The molecule has 0 aromatic heterocycles. The maximum atomic E-state index is 10.9. The zero-order valence-electron chi connectivity index (χ0n) is 7.62. The Bertz CT molecular complexity index is 164. The third-order valence-electron chi connectivity index (χ3n) is 2.08. The fourth-order valence-electron chi connectivity index (χ4n) is 1.24. The van der Waals surface area contributed by atoms with Crippen molar-refractivity contribution in [1.29, 1.82) is 0 Å². The molecule has 0 saturated heterocycles. The normalized spacial score (nSPS) is 27.6. The molecule has 0 heterocycles. The molecule has 0 aromatic rings.